The van der Waals surface area contributed by atoms with E-state index < -0.39 is 18.0 Å². The molecule has 0 aliphatic rings. The lowest BCUT2D eigenvalue weighted by Gasteiger charge is -2.09. The Kier molecular flexibility index (Phi) is 3.88. The third-order valence-electron chi connectivity index (χ3n) is 2.01. The summed E-state index contributed by atoms with van der Waals surface area (Å²) in [6.45, 7) is 1.43. The van der Waals surface area contributed by atoms with E-state index in [1.165, 1.54) is 6.92 Å². The summed E-state index contributed by atoms with van der Waals surface area (Å²) >= 11 is 0. The van der Waals surface area contributed by atoms with Gasteiger partial charge in [0.25, 0.3) is 5.91 Å². The number of carbonyl (C=O) groups is 2. The predicted octanol–water partition coefficient (Wildman–Crippen LogP) is 0.228. The van der Waals surface area contributed by atoms with E-state index in [9.17, 15) is 9.59 Å². The Hall–Kier alpha value is -2.04. The van der Waals surface area contributed by atoms with Crippen molar-refractivity contribution >= 4 is 17.6 Å². The molecular weight excluding hydrogens is 208 g/mol. The number of hydrogen-bond donors (Lipinski definition) is 2. The number of ether oxygens (including phenoxy) is 1. The van der Waals surface area contributed by atoms with Crippen molar-refractivity contribution in [3.63, 3.8) is 0 Å². The van der Waals surface area contributed by atoms with Gasteiger partial charge in [-0.1, -0.05) is 12.1 Å². The molecule has 0 fully saturated rings. The summed E-state index contributed by atoms with van der Waals surface area (Å²) in [5.41, 5.74) is 11.8. The van der Waals surface area contributed by atoms with Crippen molar-refractivity contribution in [2.75, 3.05) is 5.73 Å². The van der Waals surface area contributed by atoms with Crippen molar-refractivity contribution in [1.82, 2.24) is 0 Å². The van der Waals surface area contributed by atoms with E-state index in [1.807, 2.05) is 0 Å². The normalized spacial score (nSPS) is 11.8. The SMILES string of the molecule is CC(OC(=O)Cc1cccc(N)c1)C(N)=O. The van der Waals surface area contributed by atoms with Gasteiger partial charge in [0.2, 0.25) is 0 Å². The first-order valence-electron chi connectivity index (χ1n) is 4.82. The van der Waals surface area contributed by atoms with Gasteiger partial charge in [-0.3, -0.25) is 9.59 Å². The van der Waals surface area contributed by atoms with Crippen molar-refractivity contribution < 1.29 is 14.3 Å². The van der Waals surface area contributed by atoms with E-state index in [2.05, 4.69) is 0 Å². The molecule has 86 valence electrons. The summed E-state index contributed by atoms with van der Waals surface area (Å²) in [5, 5.41) is 0. The maximum absolute atomic E-state index is 11.4. The first-order chi connectivity index (χ1) is 7.49. The van der Waals surface area contributed by atoms with Crippen LogP contribution in [0.3, 0.4) is 0 Å². The second kappa shape index (κ2) is 5.16. The predicted molar refractivity (Wildman–Crippen MR) is 59.3 cm³/mol. The van der Waals surface area contributed by atoms with Crippen LogP contribution in [0.25, 0.3) is 0 Å². The van der Waals surface area contributed by atoms with Gasteiger partial charge in [-0.25, -0.2) is 0 Å². The fraction of sp³-hybridized carbons (Fsp3) is 0.273. The highest BCUT2D eigenvalue weighted by Gasteiger charge is 2.14. The van der Waals surface area contributed by atoms with E-state index in [0.717, 1.165) is 5.56 Å². The minimum absolute atomic E-state index is 0.0721. The number of nitrogens with two attached hydrogens (primary N) is 2. The Labute approximate surface area is 93.4 Å². The smallest absolute Gasteiger partial charge is 0.311 e. The fourth-order valence-corrected chi connectivity index (χ4v) is 1.17. The number of anilines is 1. The number of hydrogen-bond acceptors (Lipinski definition) is 4. The summed E-state index contributed by atoms with van der Waals surface area (Å²) in [6, 6.07) is 6.90. The zero-order valence-corrected chi connectivity index (χ0v) is 8.97. The van der Waals surface area contributed by atoms with E-state index >= 15 is 0 Å². The van der Waals surface area contributed by atoms with Gasteiger partial charge in [0, 0.05) is 5.69 Å². The molecular formula is C11H14N2O3. The fourth-order valence-electron chi connectivity index (χ4n) is 1.17. The standard InChI is InChI=1S/C11H14N2O3/c1-7(11(13)15)16-10(14)6-8-3-2-4-9(12)5-8/h2-5,7H,6,12H2,1H3,(H2,13,15). The van der Waals surface area contributed by atoms with Crippen molar-refractivity contribution in [1.29, 1.82) is 0 Å². The highest BCUT2D eigenvalue weighted by molar-refractivity contribution is 5.82. The van der Waals surface area contributed by atoms with Gasteiger partial charge in [-0.15, -0.1) is 0 Å². The number of carbonyl (C=O) groups excluding carboxylic acids is 2. The van der Waals surface area contributed by atoms with Gasteiger partial charge in [0.15, 0.2) is 6.10 Å². The molecule has 5 nitrogen and oxygen atoms in total. The zero-order valence-electron chi connectivity index (χ0n) is 8.97. The largest absolute Gasteiger partial charge is 0.452 e. The van der Waals surface area contributed by atoms with Crippen LogP contribution in [0.2, 0.25) is 0 Å². The highest BCUT2D eigenvalue weighted by atomic mass is 16.5. The molecule has 1 rings (SSSR count). The lowest BCUT2D eigenvalue weighted by Crippen LogP contribution is -2.30. The van der Waals surface area contributed by atoms with Gasteiger partial charge in [-0.2, -0.15) is 0 Å². The minimum Gasteiger partial charge on any atom is -0.452 e. The average molecular weight is 222 g/mol. The van der Waals surface area contributed by atoms with E-state index in [1.54, 1.807) is 24.3 Å². The maximum Gasteiger partial charge on any atom is 0.311 e. The molecule has 0 heterocycles. The molecule has 0 aromatic heterocycles. The summed E-state index contributed by atoms with van der Waals surface area (Å²) in [5.74, 6) is -1.17. The molecule has 4 N–H and O–H groups in total. The molecule has 1 aromatic rings. The number of nitrogen functional groups attached to an aromatic ring is 1. The first-order valence-corrected chi connectivity index (χ1v) is 4.82. The molecule has 0 radical (unpaired) electrons. The molecule has 0 saturated heterocycles. The number of primary amides is 1. The molecule has 1 atom stereocenters. The number of benzene rings is 1. The second-order valence-corrected chi connectivity index (χ2v) is 3.46. The van der Waals surface area contributed by atoms with Crippen LogP contribution >= 0.6 is 0 Å². The van der Waals surface area contributed by atoms with Crippen LogP contribution in [0.1, 0.15) is 12.5 Å². The first kappa shape index (κ1) is 12.0. The molecule has 0 saturated carbocycles. The Morgan fingerprint density at radius 3 is 2.69 bits per heavy atom. The van der Waals surface area contributed by atoms with Gasteiger partial charge in [0.1, 0.15) is 0 Å². The molecule has 1 unspecified atom stereocenters. The molecule has 0 bridgehead atoms. The van der Waals surface area contributed by atoms with Crippen LogP contribution in [0.5, 0.6) is 0 Å². The monoisotopic (exact) mass is 222 g/mol. The van der Waals surface area contributed by atoms with Crippen LogP contribution in [0, 0.1) is 0 Å². The Balaban J connectivity index is 2.55. The minimum atomic E-state index is -0.909. The van der Waals surface area contributed by atoms with E-state index in [4.69, 9.17) is 16.2 Å². The molecule has 16 heavy (non-hydrogen) atoms. The molecule has 1 aromatic carbocycles. The third-order valence-corrected chi connectivity index (χ3v) is 2.01. The molecule has 0 spiro atoms. The van der Waals surface area contributed by atoms with Crippen LogP contribution in [-0.2, 0) is 20.7 Å². The lowest BCUT2D eigenvalue weighted by molar-refractivity contribution is -0.153. The van der Waals surface area contributed by atoms with Crippen molar-refractivity contribution in [3.05, 3.63) is 29.8 Å². The summed E-state index contributed by atoms with van der Waals surface area (Å²) in [7, 11) is 0. The average Bonchev–Trinajstić information content (AvgIpc) is 2.16. The van der Waals surface area contributed by atoms with Crippen molar-refractivity contribution in [3.8, 4) is 0 Å². The molecule has 1 amide bonds. The quantitative estimate of drug-likeness (QED) is 0.563. The third kappa shape index (κ3) is 3.61. The maximum atomic E-state index is 11.4. The molecule has 0 aliphatic carbocycles. The van der Waals surface area contributed by atoms with Gasteiger partial charge < -0.3 is 16.2 Å². The van der Waals surface area contributed by atoms with E-state index in [0.29, 0.717) is 5.69 Å². The van der Waals surface area contributed by atoms with E-state index in [-0.39, 0.29) is 6.42 Å². The van der Waals surface area contributed by atoms with Crippen LogP contribution in [-0.4, -0.2) is 18.0 Å². The number of rotatable bonds is 4. The van der Waals surface area contributed by atoms with Gasteiger partial charge in [0.05, 0.1) is 6.42 Å². The number of esters is 1. The summed E-state index contributed by atoms with van der Waals surface area (Å²) in [4.78, 5) is 22.0. The van der Waals surface area contributed by atoms with Crippen LogP contribution < -0.4 is 11.5 Å². The Morgan fingerprint density at radius 1 is 1.44 bits per heavy atom. The van der Waals surface area contributed by atoms with Crippen LogP contribution in [0.15, 0.2) is 24.3 Å². The zero-order chi connectivity index (χ0) is 12.1. The number of amides is 1. The Morgan fingerprint density at radius 2 is 2.12 bits per heavy atom. The summed E-state index contributed by atoms with van der Waals surface area (Å²) in [6.07, 6.45) is -0.837. The highest BCUT2D eigenvalue weighted by Crippen LogP contribution is 2.08. The van der Waals surface area contributed by atoms with Crippen molar-refractivity contribution in [2.45, 2.75) is 19.4 Å². The van der Waals surface area contributed by atoms with Crippen LogP contribution in [0.4, 0.5) is 5.69 Å². The summed E-state index contributed by atoms with van der Waals surface area (Å²) < 4.78 is 4.80. The molecule has 5 heteroatoms. The van der Waals surface area contributed by atoms with Gasteiger partial charge in [-0.05, 0) is 24.6 Å². The lowest BCUT2D eigenvalue weighted by atomic mass is 10.1. The molecule has 0 aliphatic heterocycles. The second-order valence-electron chi connectivity index (χ2n) is 3.46. The van der Waals surface area contributed by atoms with Gasteiger partial charge >= 0.3 is 5.97 Å². The Bertz CT molecular complexity index is 404. The topological polar surface area (TPSA) is 95.4 Å². The van der Waals surface area contributed by atoms with Crippen molar-refractivity contribution in [2.24, 2.45) is 5.73 Å².